The van der Waals surface area contributed by atoms with Crippen molar-refractivity contribution in [2.45, 2.75) is 44.8 Å². The predicted molar refractivity (Wildman–Crippen MR) is 103 cm³/mol. The number of carbonyl (C=O) groups is 3. The lowest BCUT2D eigenvalue weighted by atomic mass is 10.2. The summed E-state index contributed by atoms with van der Waals surface area (Å²) >= 11 is 0. The molecule has 1 saturated heterocycles. The molecule has 1 saturated carbocycles. The molecule has 1 aromatic heterocycles. The second-order valence-corrected chi connectivity index (χ2v) is 7.22. The molecule has 4 amide bonds. The molecule has 0 radical (unpaired) electrons. The molecule has 0 atom stereocenters. The summed E-state index contributed by atoms with van der Waals surface area (Å²) in [6.07, 6.45) is 6.09. The number of carbonyl (C=O) groups excluding carboxylic acids is 3. The molecule has 2 fully saturated rings. The van der Waals surface area contributed by atoms with Gasteiger partial charge in [0, 0.05) is 43.5 Å². The average Bonchev–Trinajstić information content (AvgIpc) is 3.50. The molecule has 2 aliphatic rings. The van der Waals surface area contributed by atoms with E-state index in [-0.39, 0.29) is 30.4 Å². The lowest BCUT2D eigenvalue weighted by Gasteiger charge is -2.23. The Labute approximate surface area is 163 Å². The number of imide groups is 1. The molecule has 0 unspecified atom stereocenters. The van der Waals surface area contributed by atoms with Crippen LogP contribution in [0.25, 0.3) is 0 Å². The molecule has 0 spiro atoms. The Morgan fingerprint density at radius 2 is 1.64 bits per heavy atom. The van der Waals surface area contributed by atoms with Gasteiger partial charge in [-0.25, -0.2) is 4.79 Å². The number of nitrogens with zero attached hydrogens (tertiary/aromatic N) is 3. The number of benzene rings is 1. The summed E-state index contributed by atoms with van der Waals surface area (Å²) in [5.41, 5.74) is 2.60. The van der Waals surface area contributed by atoms with Gasteiger partial charge in [-0.2, -0.15) is 0 Å². The minimum absolute atomic E-state index is 0.126. The van der Waals surface area contributed by atoms with Crippen LogP contribution in [0, 0.1) is 0 Å². The van der Waals surface area contributed by atoms with Crippen LogP contribution in [-0.4, -0.2) is 38.7 Å². The van der Waals surface area contributed by atoms with Gasteiger partial charge in [0.15, 0.2) is 0 Å². The second-order valence-electron chi connectivity index (χ2n) is 7.22. The third-order valence-electron chi connectivity index (χ3n) is 5.05. The van der Waals surface area contributed by atoms with Gasteiger partial charge < -0.3 is 10.2 Å². The van der Waals surface area contributed by atoms with Crippen molar-refractivity contribution in [3.05, 3.63) is 59.9 Å². The summed E-state index contributed by atoms with van der Waals surface area (Å²) in [5, 5.41) is 2.95. The molecule has 7 heteroatoms. The highest BCUT2D eigenvalue weighted by molar-refractivity contribution is 6.01. The monoisotopic (exact) mass is 378 g/mol. The summed E-state index contributed by atoms with van der Waals surface area (Å²) < 4.78 is 0. The molecular weight excluding hydrogens is 356 g/mol. The zero-order chi connectivity index (χ0) is 19.5. The molecule has 2 aromatic rings. The van der Waals surface area contributed by atoms with Crippen LogP contribution in [0.3, 0.4) is 0 Å². The molecule has 1 aliphatic carbocycles. The quantitative estimate of drug-likeness (QED) is 0.784. The van der Waals surface area contributed by atoms with Crippen molar-refractivity contribution in [3.8, 4) is 0 Å². The lowest BCUT2D eigenvalue weighted by molar-refractivity contribution is -0.139. The summed E-state index contributed by atoms with van der Waals surface area (Å²) in [5.74, 6) is -0.253. The van der Waals surface area contributed by atoms with Crippen LogP contribution >= 0.6 is 0 Å². The van der Waals surface area contributed by atoms with E-state index in [1.807, 2.05) is 29.2 Å². The van der Waals surface area contributed by atoms with Crippen molar-refractivity contribution >= 4 is 23.5 Å². The van der Waals surface area contributed by atoms with Crippen molar-refractivity contribution in [2.75, 3.05) is 5.32 Å². The first-order valence-electron chi connectivity index (χ1n) is 9.49. The smallest absolute Gasteiger partial charge is 0.317 e. The standard InChI is InChI=1S/C21H22N4O3/c26-19-7-8-20(27)25(19)14-15-1-3-17(4-2-15)23-21(28)24(18-5-6-18)13-16-9-11-22-12-10-16/h1-4,9-12,18H,5-8,13-14H2,(H,23,28). The van der Waals surface area contributed by atoms with Gasteiger partial charge in [-0.3, -0.25) is 19.5 Å². The number of anilines is 1. The number of pyridine rings is 1. The molecule has 7 nitrogen and oxygen atoms in total. The van der Waals surface area contributed by atoms with Crippen molar-refractivity contribution in [1.29, 1.82) is 0 Å². The molecule has 144 valence electrons. The van der Waals surface area contributed by atoms with E-state index in [1.54, 1.807) is 24.5 Å². The third kappa shape index (κ3) is 4.19. The Morgan fingerprint density at radius 3 is 2.25 bits per heavy atom. The maximum absolute atomic E-state index is 12.7. The van der Waals surface area contributed by atoms with E-state index in [4.69, 9.17) is 0 Å². The van der Waals surface area contributed by atoms with Gasteiger partial charge in [-0.1, -0.05) is 12.1 Å². The molecule has 1 N–H and O–H groups in total. The average molecular weight is 378 g/mol. The van der Waals surface area contributed by atoms with Gasteiger partial charge in [0.2, 0.25) is 11.8 Å². The van der Waals surface area contributed by atoms with Gasteiger partial charge in [-0.05, 0) is 48.2 Å². The zero-order valence-electron chi connectivity index (χ0n) is 15.5. The molecular formula is C21H22N4O3. The fraction of sp³-hybridized carbons (Fsp3) is 0.333. The largest absolute Gasteiger partial charge is 0.322 e. The van der Waals surface area contributed by atoms with Crippen LogP contribution < -0.4 is 5.32 Å². The van der Waals surface area contributed by atoms with Crippen molar-refractivity contribution < 1.29 is 14.4 Å². The van der Waals surface area contributed by atoms with Gasteiger partial charge in [0.25, 0.3) is 0 Å². The van der Waals surface area contributed by atoms with Crippen LogP contribution in [0.15, 0.2) is 48.8 Å². The third-order valence-corrected chi connectivity index (χ3v) is 5.05. The van der Waals surface area contributed by atoms with E-state index in [9.17, 15) is 14.4 Å². The molecule has 1 aliphatic heterocycles. The van der Waals surface area contributed by atoms with E-state index in [1.165, 1.54) is 4.90 Å². The van der Waals surface area contributed by atoms with E-state index in [2.05, 4.69) is 10.3 Å². The highest BCUT2D eigenvalue weighted by Gasteiger charge is 2.32. The van der Waals surface area contributed by atoms with Crippen molar-refractivity contribution in [2.24, 2.45) is 0 Å². The Kier molecular flexibility index (Phi) is 5.06. The van der Waals surface area contributed by atoms with Crippen LogP contribution in [-0.2, 0) is 22.7 Å². The SMILES string of the molecule is O=C1CCC(=O)N1Cc1ccc(NC(=O)N(Cc2ccncc2)C2CC2)cc1. The predicted octanol–water partition coefficient (Wildman–Crippen LogP) is 2.93. The van der Waals surface area contributed by atoms with Crippen LogP contribution in [0.2, 0.25) is 0 Å². The first kappa shape index (κ1) is 18.2. The number of urea groups is 1. The minimum atomic E-state index is -0.128. The number of likely N-dealkylation sites (tertiary alicyclic amines) is 1. The number of rotatable bonds is 6. The number of aromatic nitrogens is 1. The number of amides is 4. The molecule has 28 heavy (non-hydrogen) atoms. The normalized spacial score (nSPS) is 16.4. The van der Waals surface area contributed by atoms with Crippen LogP contribution in [0.4, 0.5) is 10.5 Å². The molecule has 2 heterocycles. The maximum atomic E-state index is 12.7. The van der Waals surface area contributed by atoms with E-state index in [0.717, 1.165) is 24.0 Å². The summed E-state index contributed by atoms with van der Waals surface area (Å²) in [4.78, 5) is 43.4. The fourth-order valence-electron chi connectivity index (χ4n) is 3.31. The molecule has 4 rings (SSSR count). The summed E-state index contributed by atoms with van der Waals surface area (Å²) in [7, 11) is 0. The topological polar surface area (TPSA) is 82.6 Å². The zero-order valence-corrected chi connectivity index (χ0v) is 15.5. The highest BCUT2D eigenvalue weighted by atomic mass is 16.2. The van der Waals surface area contributed by atoms with Gasteiger partial charge >= 0.3 is 6.03 Å². The van der Waals surface area contributed by atoms with Gasteiger partial charge in [0.05, 0.1) is 6.54 Å². The van der Waals surface area contributed by atoms with Crippen LogP contribution in [0.5, 0.6) is 0 Å². The van der Waals surface area contributed by atoms with Gasteiger partial charge in [-0.15, -0.1) is 0 Å². The lowest BCUT2D eigenvalue weighted by Crippen LogP contribution is -2.36. The fourth-order valence-corrected chi connectivity index (χ4v) is 3.31. The number of hydrogen-bond acceptors (Lipinski definition) is 4. The highest BCUT2D eigenvalue weighted by Crippen LogP contribution is 2.29. The van der Waals surface area contributed by atoms with E-state index in [0.29, 0.717) is 25.1 Å². The summed E-state index contributed by atoms with van der Waals surface area (Å²) in [6.45, 7) is 0.832. The number of nitrogens with one attached hydrogen (secondary N) is 1. The minimum Gasteiger partial charge on any atom is -0.317 e. The number of hydrogen-bond donors (Lipinski definition) is 1. The van der Waals surface area contributed by atoms with E-state index < -0.39 is 0 Å². The van der Waals surface area contributed by atoms with Crippen molar-refractivity contribution in [3.63, 3.8) is 0 Å². The second kappa shape index (κ2) is 7.80. The Bertz CT molecular complexity index is 862. The van der Waals surface area contributed by atoms with Gasteiger partial charge in [0.1, 0.15) is 0 Å². The summed E-state index contributed by atoms with van der Waals surface area (Å²) in [6, 6.07) is 11.2. The molecule has 1 aromatic carbocycles. The van der Waals surface area contributed by atoms with E-state index >= 15 is 0 Å². The first-order chi connectivity index (χ1) is 13.6. The van der Waals surface area contributed by atoms with Crippen LogP contribution in [0.1, 0.15) is 36.8 Å². The Hall–Kier alpha value is -3.22. The Balaban J connectivity index is 1.38. The van der Waals surface area contributed by atoms with Crippen molar-refractivity contribution in [1.82, 2.24) is 14.8 Å². The molecule has 0 bridgehead atoms. The first-order valence-corrected chi connectivity index (χ1v) is 9.49. The Morgan fingerprint density at radius 1 is 1.00 bits per heavy atom. The maximum Gasteiger partial charge on any atom is 0.322 e.